The van der Waals surface area contributed by atoms with Crippen LogP contribution in [0.4, 0.5) is 5.82 Å². The molecule has 1 aromatic heterocycles. The van der Waals surface area contributed by atoms with Gasteiger partial charge in [0, 0.05) is 32.2 Å². The summed E-state index contributed by atoms with van der Waals surface area (Å²) in [6.45, 7) is 6.07. The third-order valence-corrected chi connectivity index (χ3v) is 3.88. The molecule has 0 radical (unpaired) electrons. The van der Waals surface area contributed by atoms with E-state index >= 15 is 0 Å². The summed E-state index contributed by atoms with van der Waals surface area (Å²) in [7, 11) is 4.08. The Hall–Kier alpha value is -0.840. The third-order valence-electron chi connectivity index (χ3n) is 3.53. The van der Waals surface area contributed by atoms with E-state index in [1.54, 1.807) is 0 Å². The zero-order valence-corrected chi connectivity index (χ0v) is 12.0. The van der Waals surface area contributed by atoms with Gasteiger partial charge in [-0.2, -0.15) is 0 Å². The van der Waals surface area contributed by atoms with Gasteiger partial charge in [-0.05, 0) is 33.2 Å². The van der Waals surface area contributed by atoms with Crippen LogP contribution in [0, 0.1) is 0 Å². The molecule has 18 heavy (non-hydrogen) atoms. The Balaban J connectivity index is 2.15. The molecule has 1 aliphatic heterocycles. The van der Waals surface area contributed by atoms with E-state index in [9.17, 15) is 0 Å². The number of nitrogens with zero attached hydrogens (tertiary/aromatic N) is 3. The molecule has 100 valence electrons. The van der Waals surface area contributed by atoms with Gasteiger partial charge in [-0.3, -0.25) is 0 Å². The largest absolute Gasteiger partial charge is 0.354 e. The Morgan fingerprint density at radius 3 is 2.89 bits per heavy atom. The van der Waals surface area contributed by atoms with E-state index < -0.39 is 0 Å². The first-order valence-corrected chi connectivity index (χ1v) is 6.75. The number of hydrogen-bond acceptors (Lipinski definition) is 4. The van der Waals surface area contributed by atoms with Crippen LogP contribution in [0.15, 0.2) is 12.1 Å². The predicted molar refractivity (Wildman–Crippen MR) is 76.3 cm³/mol. The van der Waals surface area contributed by atoms with Crippen LogP contribution in [0.3, 0.4) is 0 Å². The van der Waals surface area contributed by atoms with E-state index in [-0.39, 0.29) is 0 Å². The van der Waals surface area contributed by atoms with Crippen molar-refractivity contribution in [2.45, 2.75) is 19.5 Å². The summed E-state index contributed by atoms with van der Waals surface area (Å²) in [5.74, 6) is 1.03. The van der Waals surface area contributed by atoms with Gasteiger partial charge in [0.1, 0.15) is 5.82 Å². The Kier molecular flexibility index (Phi) is 4.43. The zero-order chi connectivity index (χ0) is 13.1. The summed E-state index contributed by atoms with van der Waals surface area (Å²) in [4.78, 5) is 9.37. The van der Waals surface area contributed by atoms with Crippen molar-refractivity contribution in [1.29, 1.82) is 0 Å². The maximum atomic E-state index is 6.14. The second kappa shape index (κ2) is 5.87. The van der Waals surface area contributed by atoms with Crippen LogP contribution in [-0.2, 0) is 6.54 Å². The summed E-state index contributed by atoms with van der Waals surface area (Å²) < 4.78 is 0. The first-order valence-electron chi connectivity index (χ1n) is 6.37. The predicted octanol–water partition coefficient (Wildman–Crippen LogP) is 1.59. The molecule has 1 aromatic rings. The van der Waals surface area contributed by atoms with Gasteiger partial charge in [0.15, 0.2) is 0 Å². The molecule has 0 saturated carbocycles. The van der Waals surface area contributed by atoms with Crippen molar-refractivity contribution in [1.82, 2.24) is 15.2 Å². The van der Waals surface area contributed by atoms with Gasteiger partial charge in [0.05, 0.1) is 10.7 Å². The second-order valence-electron chi connectivity index (χ2n) is 4.90. The van der Waals surface area contributed by atoms with Crippen LogP contribution in [0.2, 0.25) is 5.02 Å². The smallest absolute Gasteiger partial charge is 0.129 e. The van der Waals surface area contributed by atoms with E-state index in [1.165, 1.54) is 0 Å². The Morgan fingerprint density at radius 2 is 2.22 bits per heavy atom. The Bertz CT molecular complexity index is 410. The molecule has 0 amide bonds. The molecule has 1 fully saturated rings. The van der Waals surface area contributed by atoms with Crippen molar-refractivity contribution in [2.24, 2.45) is 0 Å². The van der Waals surface area contributed by atoms with Crippen LogP contribution in [0.5, 0.6) is 0 Å². The standard InChI is InChI=1S/C13H21ClN4/c1-10-9-18(7-6-17(10)3)13-5-4-11(14)12(16-13)8-15-2/h4-5,10,15H,6-9H2,1-3H3. The molecule has 1 saturated heterocycles. The maximum Gasteiger partial charge on any atom is 0.129 e. The average Bonchev–Trinajstić information content (AvgIpc) is 2.36. The van der Waals surface area contributed by atoms with Crippen LogP contribution >= 0.6 is 11.6 Å². The fourth-order valence-electron chi connectivity index (χ4n) is 2.20. The van der Waals surface area contributed by atoms with Gasteiger partial charge in [-0.1, -0.05) is 11.6 Å². The van der Waals surface area contributed by atoms with Crippen molar-refractivity contribution in [3.63, 3.8) is 0 Å². The highest BCUT2D eigenvalue weighted by atomic mass is 35.5. The van der Waals surface area contributed by atoms with Crippen molar-refractivity contribution in [3.8, 4) is 0 Å². The number of hydrogen-bond donors (Lipinski definition) is 1. The van der Waals surface area contributed by atoms with Crippen LogP contribution in [-0.4, -0.2) is 49.7 Å². The molecule has 0 spiro atoms. The number of anilines is 1. The highest BCUT2D eigenvalue weighted by Crippen LogP contribution is 2.21. The molecule has 5 heteroatoms. The molecular formula is C13H21ClN4. The van der Waals surface area contributed by atoms with Crippen molar-refractivity contribution in [3.05, 3.63) is 22.8 Å². The van der Waals surface area contributed by atoms with Crippen molar-refractivity contribution in [2.75, 3.05) is 38.6 Å². The molecule has 1 N–H and O–H groups in total. The minimum Gasteiger partial charge on any atom is -0.354 e. The fraction of sp³-hybridized carbons (Fsp3) is 0.615. The van der Waals surface area contributed by atoms with Crippen molar-refractivity contribution >= 4 is 17.4 Å². The number of likely N-dealkylation sites (N-methyl/N-ethyl adjacent to an activating group) is 1. The van der Waals surface area contributed by atoms with Crippen LogP contribution in [0.25, 0.3) is 0 Å². The Morgan fingerprint density at radius 1 is 1.44 bits per heavy atom. The third kappa shape index (κ3) is 2.94. The van der Waals surface area contributed by atoms with Gasteiger partial charge in [0.2, 0.25) is 0 Å². The molecule has 0 bridgehead atoms. The lowest BCUT2D eigenvalue weighted by Crippen LogP contribution is -2.50. The lowest BCUT2D eigenvalue weighted by atomic mass is 10.2. The summed E-state index contributed by atoms with van der Waals surface area (Å²) in [5.41, 5.74) is 0.920. The molecule has 2 heterocycles. The first-order chi connectivity index (χ1) is 8.61. The highest BCUT2D eigenvalue weighted by molar-refractivity contribution is 6.31. The zero-order valence-electron chi connectivity index (χ0n) is 11.3. The van der Waals surface area contributed by atoms with Crippen LogP contribution in [0.1, 0.15) is 12.6 Å². The molecule has 1 unspecified atom stereocenters. The van der Waals surface area contributed by atoms with Gasteiger partial charge < -0.3 is 15.1 Å². The quantitative estimate of drug-likeness (QED) is 0.902. The molecule has 4 nitrogen and oxygen atoms in total. The number of nitrogens with one attached hydrogen (secondary N) is 1. The average molecular weight is 269 g/mol. The van der Waals surface area contributed by atoms with E-state index in [2.05, 4.69) is 34.1 Å². The van der Waals surface area contributed by atoms with E-state index in [0.717, 1.165) is 36.2 Å². The summed E-state index contributed by atoms with van der Waals surface area (Å²) in [6.07, 6.45) is 0. The SMILES string of the molecule is CNCc1nc(N2CCN(C)C(C)C2)ccc1Cl. The second-order valence-corrected chi connectivity index (χ2v) is 5.31. The number of piperazine rings is 1. The van der Waals surface area contributed by atoms with E-state index in [1.807, 2.05) is 19.2 Å². The molecule has 0 aromatic carbocycles. The molecule has 1 atom stereocenters. The number of aromatic nitrogens is 1. The summed E-state index contributed by atoms with van der Waals surface area (Å²) in [5, 5.41) is 3.83. The van der Waals surface area contributed by atoms with Gasteiger partial charge in [-0.15, -0.1) is 0 Å². The molecular weight excluding hydrogens is 248 g/mol. The molecule has 2 rings (SSSR count). The van der Waals surface area contributed by atoms with Gasteiger partial charge >= 0.3 is 0 Å². The van der Waals surface area contributed by atoms with Gasteiger partial charge in [-0.25, -0.2) is 4.98 Å². The first kappa shape index (κ1) is 13.6. The van der Waals surface area contributed by atoms with E-state index in [4.69, 9.17) is 11.6 Å². The normalized spacial score (nSPS) is 21.3. The topological polar surface area (TPSA) is 31.4 Å². The monoisotopic (exact) mass is 268 g/mol. The lowest BCUT2D eigenvalue weighted by molar-refractivity contribution is 0.233. The number of rotatable bonds is 3. The fourth-order valence-corrected chi connectivity index (χ4v) is 2.37. The minimum absolute atomic E-state index is 0.559. The van der Waals surface area contributed by atoms with Gasteiger partial charge in [0.25, 0.3) is 0 Å². The van der Waals surface area contributed by atoms with Crippen LogP contribution < -0.4 is 10.2 Å². The molecule has 0 aliphatic carbocycles. The summed E-state index contributed by atoms with van der Waals surface area (Å²) >= 11 is 6.14. The summed E-state index contributed by atoms with van der Waals surface area (Å²) in [6, 6.07) is 4.52. The highest BCUT2D eigenvalue weighted by Gasteiger charge is 2.21. The van der Waals surface area contributed by atoms with Crippen molar-refractivity contribution < 1.29 is 0 Å². The maximum absolute atomic E-state index is 6.14. The minimum atomic E-state index is 0.559. The molecule has 1 aliphatic rings. The number of halogens is 1. The number of pyridine rings is 1. The Labute approximate surface area is 114 Å². The van der Waals surface area contributed by atoms with E-state index in [0.29, 0.717) is 12.6 Å². The lowest BCUT2D eigenvalue weighted by Gasteiger charge is -2.38.